The Morgan fingerprint density at radius 1 is 1.19 bits per heavy atom. The first-order valence-electron chi connectivity index (χ1n) is 9.28. The Balaban J connectivity index is 1.26. The Hall–Kier alpha value is -2.81. The van der Waals surface area contributed by atoms with Crippen molar-refractivity contribution in [2.24, 2.45) is 7.05 Å². The highest BCUT2D eigenvalue weighted by molar-refractivity contribution is 5.48. The molecule has 0 amide bonds. The van der Waals surface area contributed by atoms with E-state index in [1.807, 2.05) is 22.7 Å². The van der Waals surface area contributed by atoms with Crippen molar-refractivity contribution in [3.05, 3.63) is 46.4 Å². The van der Waals surface area contributed by atoms with Gasteiger partial charge in [0.2, 0.25) is 0 Å². The molecule has 5 rings (SSSR count). The molecule has 0 N–H and O–H groups in total. The number of hydrogen-bond donors (Lipinski definition) is 0. The lowest BCUT2D eigenvalue weighted by atomic mass is 10.1. The van der Waals surface area contributed by atoms with E-state index in [2.05, 4.69) is 32.0 Å². The molecule has 27 heavy (non-hydrogen) atoms. The highest BCUT2D eigenvalue weighted by atomic mass is 16.1. The van der Waals surface area contributed by atoms with E-state index in [1.54, 1.807) is 13.2 Å². The van der Waals surface area contributed by atoms with Crippen LogP contribution in [-0.2, 0) is 13.6 Å². The van der Waals surface area contributed by atoms with E-state index >= 15 is 0 Å². The summed E-state index contributed by atoms with van der Waals surface area (Å²) in [5.41, 5.74) is 1.40. The van der Waals surface area contributed by atoms with Gasteiger partial charge in [0.25, 0.3) is 0 Å². The monoisotopic (exact) mass is 366 g/mol. The molecule has 0 bridgehead atoms. The van der Waals surface area contributed by atoms with Crippen LogP contribution in [0.2, 0.25) is 0 Å². The number of aromatic nitrogens is 6. The second-order valence-corrected chi connectivity index (χ2v) is 7.58. The average molecular weight is 366 g/mol. The van der Waals surface area contributed by atoms with Crippen LogP contribution >= 0.6 is 0 Å². The largest absolute Gasteiger partial charge is 0.352 e. The van der Waals surface area contributed by atoms with Crippen molar-refractivity contribution in [1.29, 1.82) is 0 Å². The molecule has 1 aliphatic carbocycles. The predicted octanol–water partition coefficient (Wildman–Crippen LogP) is 0.416. The van der Waals surface area contributed by atoms with Gasteiger partial charge in [-0.15, -0.1) is 15.3 Å². The maximum atomic E-state index is 11.7. The lowest BCUT2D eigenvalue weighted by Crippen LogP contribution is -2.58. The van der Waals surface area contributed by atoms with E-state index in [0.29, 0.717) is 18.5 Å². The number of aryl methyl sites for hydroxylation is 1. The first-order chi connectivity index (χ1) is 13.1. The minimum absolute atomic E-state index is 0.214. The molecule has 1 saturated carbocycles. The standard InChI is InChI=1S/C18H22N8O/c1-23-8-7-13(19-18(23)27)9-24(2)14-10-25(11-14)16-6-5-15-20-21-17(12-3-4-12)26(15)22-16/h5-8,12,14H,3-4,9-11H2,1-2H3. The number of fused-ring (bicyclic) bond motifs is 1. The molecule has 3 aromatic rings. The second-order valence-electron chi connectivity index (χ2n) is 7.58. The maximum absolute atomic E-state index is 11.7. The van der Waals surface area contributed by atoms with Crippen LogP contribution in [0.1, 0.15) is 30.3 Å². The molecular formula is C18H22N8O. The topological polar surface area (TPSA) is 84.5 Å². The molecular weight excluding hydrogens is 344 g/mol. The van der Waals surface area contributed by atoms with Crippen LogP contribution in [0, 0.1) is 0 Å². The van der Waals surface area contributed by atoms with Gasteiger partial charge in [-0.05, 0) is 38.1 Å². The molecule has 0 spiro atoms. The molecule has 9 heteroatoms. The van der Waals surface area contributed by atoms with Gasteiger partial charge in [0.05, 0.1) is 5.69 Å². The predicted molar refractivity (Wildman–Crippen MR) is 99.7 cm³/mol. The summed E-state index contributed by atoms with van der Waals surface area (Å²) in [4.78, 5) is 20.3. The second kappa shape index (κ2) is 6.12. The van der Waals surface area contributed by atoms with Gasteiger partial charge in [0, 0.05) is 44.8 Å². The molecule has 0 aromatic carbocycles. The fourth-order valence-corrected chi connectivity index (χ4v) is 3.45. The molecule has 3 aromatic heterocycles. The van der Waals surface area contributed by atoms with Gasteiger partial charge < -0.3 is 9.47 Å². The van der Waals surface area contributed by atoms with E-state index in [4.69, 9.17) is 5.10 Å². The summed E-state index contributed by atoms with van der Waals surface area (Å²) in [5.74, 6) is 2.46. The minimum Gasteiger partial charge on any atom is -0.352 e. The zero-order valence-corrected chi connectivity index (χ0v) is 15.5. The van der Waals surface area contributed by atoms with E-state index < -0.39 is 0 Å². The van der Waals surface area contributed by atoms with Crippen molar-refractivity contribution in [2.45, 2.75) is 31.3 Å². The maximum Gasteiger partial charge on any atom is 0.347 e. The molecule has 2 aliphatic rings. The summed E-state index contributed by atoms with van der Waals surface area (Å²) in [5, 5.41) is 13.3. The molecule has 1 aliphatic heterocycles. The third kappa shape index (κ3) is 2.97. The van der Waals surface area contributed by atoms with E-state index in [-0.39, 0.29) is 5.69 Å². The molecule has 2 fully saturated rings. The minimum atomic E-state index is -0.214. The third-order valence-electron chi connectivity index (χ3n) is 5.47. The van der Waals surface area contributed by atoms with Crippen molar-refractivity contribution in [1.82, 2.24) is 34.3 Å². The SMILES string of the molecule is CN(Cc1ccn(C)c(=O)n1)C1CN(c2ccc3nnc(C4CC4)n3n2)C1. The third-order valence-corrected chi connectivity index (χ3v) is 5.47. The lowest BCUT2D eigenvalue weighted by molar-refractivity contribution is 0.194. The van der Waals surface area contributed by atoms with Gasteiger partial charge >= 0.3 is 5.69 Å². The van der Waals surface area contributed by atoms with Crippen LogP contribution in [0.4, 0.5) is 5.82 Å². The average Bonchev–Trinajstić information content (AvgIpc) is 3.36. The van der Waals surface area contributed by atoms with Crippen LogP contribution in [-0.4, -0.2) is 60.4 Å². The molecule has 0 radical (unpaired) electrons. The van der Waals surface area contributed by atoms with Crippen LogP contribution in [0.5, 0.6) is 0 Å². The fourth-order valence-electron chi connectivity index (χ4n) is 3.45. The van der Waals surface area contributed by atoms with Crippen molar-refractivity contribution in [3.63, 3.8) is 0 Å². The zero-order valence-electron chi connectivity index (χ0n) is 15.5. The van der Waals surface area contributed by atoms with Crippen LogP contribution in [0.15, 0.2) is 29.2 Å². The Morgan fingerprint density at radius 2 is 2.00 bits per heavy atom. The van der Waals surface area contributed by atoms with Crippen LogP contribution in [0.25, 0.3) is 5.65 Å². The number of anilines is 1. The quantitative estimate of drug-likeness (QED) is 0.647. The molecule has 9 nitrogen and oxygen atoms in total. The van der Waals surface area contributed by atoms with Crippen LogP contribution in [0.3, 0.4) is 0 Å². The van der Waals surface area contributed by atoms with Gasteiger partial charge in [0.1, 0.15) is 5.82 Å². The highest BCUT2D eigenvalue weighted by Crippen LogP contribution is 2.38. The van der Waals surface area contributed by atoms with Crippen molar-refractivity contribution < 1.29 is 0 Å². The summed E-state index contributed by atoms with van der Waals surface area (Å²) in [7, 11) is 3.78. The summed E-state index contributed by atoms with van der Waals surface area (Å²) < 4.78 is 3.38. The Morgan fingerprint density at radius 3 is 2.74 bits per heavy atom. The summed E-state index contributed by atoms with van der Waals surface area (Å²) in [6.07, 6.45) is 4.13. The number of likely N-dealkylation sites (N-methyl/N-ethyl adjacent to an activating group) is 1. The Kier molecular flexibility index (Phi) is 3.71. The summed E-state index contributed by atoms with van der Waals surface area (Å²) >= 11 is 0. The number of hydrogen-bond acceptors (Lipinski definition) is 7. The summed E-state index contributed by atoms with van der Waals surface area (Å²) in [6.45, 7) is 2.47. The zero-order chi connectivity index (χ0) is 18.5. The molecule has 140 valence electrons. The molecule has 4 heterocycles. The van der Waals surface area contributed by atoms with Gasteiger partial charge in [-0.25, -0.2) is 4.79 Å². The molecule has 0 atom stereocenters. The van der Waals surface area contributed by atoms with E-state index in [1.165, 1.54) is 17.4 Å². The summed E-state index contributed by atoms with van der Waals surface area (Å²) in [6, 6.07) is 6.31. The van der Waals surface area contributed by atoms with Crippen LogP contribution < -0.4 is 10.6 Å². The molecule has 1 saturated heterocycles. The van der Waals surface area contributed by atoms with Gasteiger partial charge in [-0.3, -0.25) is 4.90 Å². The Bertz CT molecular complexity index is 1050. The number of nitrogens with zero attached hydrogens (tertiary/aromatic N) is 8. The van der Waals surface area contributed by atoms with Crippen molar-refractivity contribution >= 4 is 11.5 Å². The van der Waals surface area contributed by atoms with Crippen molar-refractivity contribution in [3.8, 4) is 0 Å². The van der Waals surface area contributed by atoms with Gasteiger partial charge in [0.15, 0.2) is 11.5 Å². The fraction of sp³-hybridized carbons (Fsp3) is 0.500. The normalized spacial score (nSPS) is 17.7. The van der Waals surface area contributed by atoms with Crippen molar-refractivity contribution in [2.75, 3.05) is 25.0 Å². The first-order valence-corrected chi connectivity index (χ1v) is 9.28. The van der Waals surface area contributed by atoms with E-state index in [9.17, 15) is 4.79 Å². The van der Waals surface area contributed by atoms with Gasteiger partial charge in [-0.1, -0.05) is 0 Å². The Labute approximate surface area is 156 Å². The van der Waals surface area contributed by atoms with Gasteiger partial charge in [-0.2, -0.15) is 9.50 Å². The first kappa shape index (κ1) is 16.4. The lowest BCUT2D eigenvalue weighted by Gasteiger charge is -2.44. The highest BCUT2D eigenvalue weighted by Gasteiger charge is 2.33. The smallest absolute Gasteiger partial charge is 0.347 e. The molecule has 0 unspecified atom stereocenters. The number of rotatable bonds is 5. The van der Waals surface area contributed by atoms with E-state index in [0.717, 1.165) is 36.1 Å².